The molecule has 0 amide bonds. The number of aliphatic hydroxyl groups is 1. The molecule has 5 nitrogen and oxygen atoms in total. The fourth-order valence-corrected chi connectivity index (χ4v) is 2.94. The van der Waals surface area contributed by atoms with Gasteiger partial charge in [0.2, 0.25) is 0 Å². The number of aromatic amines is 1. The average Bonchev–Trinajstić information content (AvgIpc) is 3.01. The molecular weight excluding hydrogens is 300 g/mol. The maximum atomic E-state index is 11.5. The van der Waals surface area contributed by atoms with Crippen LogP contribution in [0.1, 0.15) is 0 Å². The molecule has 0 aliphatic rings. The maximum Gasteiger partial charge on any atom is 0.251 e. The lowest BCUT2D eigenvalue weighted by Crippen LogP contribution is -2.29. The fourth-order valence-electron chi connectivity index (χ4n) is 2.12. The Morgan fingerprint density at radius 1 is 1.23 bits per heavy atom. The van der Waals surface area contributed by atoms with Gasteiger partial charge in [0, 0.05) is 35.0 Å². The third kappa shape index (κ3) is 3.35. The van der Waals surface area contributed by atoms with Crippen molar-refractivity contribution in [2.75, 3.05) is 12.4 Å². The summed E-state index contributed by atoms with van der Waals surface area (Å²) in [6.07, 6.45) is 2.64. The first kappa shape index (κ1) is 14.7. The minimum absolute atomic E-state index is 0.184. The van der Waals surface area contributed by atoms with Gasteiger partial charge in [0.05, 0.1) is 6.10 Å². The van der Waals surface area contributed by atoms with E-state index >= 15 is 0 Å². The highest BCUT2D eigenvalue weighted by Gasteiger charge is 2.11. The lowest BCUT2D eigenvalue weighted by molar-refractivity contribution is -0.645. The van der Waals surface area contributed by atoms with Crippen LogP contribution in [0.3, 0.4) is 0 Å². The van der Waals surface area contributed by atoms with Gasteiger partial charge in [-0.05, 0) is 24.3 Å². The van der Waals surface area contributed by atoms with Crippen molar-refractivity contribution in [2.24, 2.45) is 0 Å². The lowest BCUT2D eigenvalue weighted by Gasteiger charge is -2.12. The van der Waals surface area contributed by atoms with Crippen molar-refractivity contribution >= 4 is 22.7 Å². The Bertz CT molecular complexity index is 760. The van der Waals surface area contributed by atoms with Crippen LogP contribution >= 0.6 is 11.8 Å². The van der Waals surface area contributed by atoms with E-state index < -0.39 is 6.10 Å². The van der Waals surface area contributed by atoms with Crippen LogP contribution in [0, 0.1) is 5.21 Å². The molecule has 6 heteroatoms. The van der Waals surface area contributed by atoms with Crippen molar-refractivity contribution in [3.8, 4) is 5.75 Å². The molecule has 3 aromatic rings. The van der Waals surface area contributed by atoms with Crippen molar-refractivity contribution < 1.29 is 14.6 Å². The normalized spacial score (nSPS) is 12.4. The number of nitrogens with one attached hydrogen (secondary N) is 1. The number of hydrogen-bond acceptors (Lipinski definition) is 4. The average molecular weight is 316 g/mol. The predicted molar refractivity (Wildman–Crippen MR) is 85.9 cm³/mol. The third-order valence-electron chi connectivity index (χ3n) is 3.20. The summed E-state index contributed by atoms with van der Waals surface area (Å²) >= 11 is 1.31. The zero-order valence-electron chi connectivity index (χ0n) is 11.8. The molecular formula is C16H16N2O3S. The van der Waals surface area contributed by atoms with Gasteiger partial charge in [0.15, 0.2) is 6.20 Å². The Labute approximate surface area is 132 Å². The molecule has 0 radical (unpaired) electrons. The molecule has 0 fully saturated rings. The Morgan fingerprint density at radius 3 is 3.00 bits per heavy atom. The number of H-pyrrole nitrogens is 1. The van der Waals surface area contributed by atoms with E-state index in [9.17, 15) is 10.3 Å². The second-order valence-electron chi connectivity index (χ2n) is 4.84. The highest BCUT2D eigenvalue weighted by Crippen LogP contribution is 2.24. The number of pyridine rings is 1. The van der Waals surface area contributed by atoms with Gasteiger partial charge >= 0.3 is 0 Å². The van der Waals surface area contributed by atoms with E-state index in [1.807, 2.05) is 30.5 Å². The zero-order valence-corrected chi connectivity index (χ0v) is 12.6. The molecule has 2 N–H and O–H groups in total. The van der Waals surface area contributed by atoms with Gasteiger partial charge in [-0.1, -0.05) is 17.8 Å². The first-order valence-corrected chi connectivity index (χ1v) is 7.90. The van der Waals surface area contributed by atoms with E-state index in [-0.39, 0.29) is 6.61 Å². The standard InChI is InChI=1S/C16H16N2O3S/c19-12(11-22-16-6-1-2-9-18(16)20)10-21-15-5-3-4-14-13(15)7-8-17-14/h1-9,12,17,19H,10-11H2. The summed E-state index contributed by atoms with van der Waals surface area (Å²) in [6.45, 7) is 0.184. The second-order valence-corrected chi connectivity index (χ2v) is 5.88. The fraction of sp³-hybridized carbons (Fsp3) is 0.188. The van der Waals surface area contributed by atoms with Gasteiger partial charge < -0.3 is 20.0 Å². The monoisotopic (exact) mass is 316 g/mol. The van der Waals surface area contributed by atoms with Crippen LogP contribution in [0.4, 0.5) is 0 Å². The van der Waals surface area contributed by atoms with Crippen LogP contribution in [0.2, 0.25) is 0 Å². The number of benzene rings is 1. The first-order valence-electron chi connectivity index (χ1n) is 6.92. The smallest absolute Gasteiger partial charge is 0.251 e. The molecule has 3 rings (SSSR count). The van der Waals surface area contributed by atoms with Crippen LogP contribution in [0.5, 0.6) is 5.75 Å². The largest absolute Gasteiger partial charge is 0.618 e. The van der Waals surface area contributed by atoms with Crippen LogP contribution < -0.4 is 9.47 Å². The van der Waals surface area contributed by atoms with E-state index in [1.165, 1.54) is 18.0 Å². The minimum atomic E-state index is -0.653. The minimum Gasteiger partial charge on any atom is -0.618 e. The summed E-state index contributed by atoms with van der Waals surface area (Å²) in [5.41, 5.74) is 0.998. The molecule has 0 bridgehead atoms. The van der Waals surface area contributed by atoms with Crippen molar-refractivity contribution in [3.63, 3.8) is 0 Å². The topological polar surface area (TPSA) is 72.2 Å². The summed E-state index contributed by atoms with van der Waals surface area (Å²) in [5.74, 6) is 1.14. The van der Waals surface area contributed by atoms with Crippen molar-refractivity contribution in [1.82, 2.24) is 4.98 Å². The summed E-state index contributed by atoms with van der Waals surface area (Å²) < 4.78 is 6.48. The van der Waals surface area contributed by atoms with Gasteiger partial charge in [-0.3, -0.25) is 0 Å². The molecule has 1 unspecified atom stereocenters. The Balaban J connectivity index is 1.55. The third-order valence-corrected chi connectivity index (χ3v) is 4.36. The summed E-state index contributed by atoms with van der Waals surface area (Å²) in [4.78, 5) is 3.12. The van der Waals surface area contributed by atoms with Crippen LogP contribution in [-0.2, 0) is 0 Å². The highest BCUT2D eigenvalue weighted by atomic mass is 32.2. The lowest BCUT2D eigenvalue weighted by atomic mass is 10.2. The van der Waals surface area contributed by atoms with Crippen molar-refractivity contribution in [1.29, 1.82) is 0 Å². The Morgan fingerprint density at radius 2 is 2.14 bits per heavy atom. The van der Waals surface area contributed by atoms with Gasteiger partial charge in [-0.25, -0.2) is 0 Å². The number of nitrogens with zero attached hydrogens (tertiary/aromatic N) is 1. The van der Waals surface area contributed by atoms with E-state index in [1.54, 1.807) is 18.2 Å². The van der Waals surface area contributed by atoms with E-state index in [0.29, 0.717) is 10.8 Å². The van der Waals surface area contributed by atoms with Gasteiger partial charge in [0.25, 0.3) is 5.03 Å². The number of hydrogen-bond donors (Lipinski definition) is 2. The number of rotatable bonds is 6. The summed E-state index contributed by atoms with van der Waals surface area (Å²) in [6, 6.07) is 12.9. The van der Waals surface area contributed by atoms with Gasteiger partial charge in [-0.2, -0.15) is 4.73 Å². The molecule has 0 spiro atoms. The highest BCUT2D eigenvalue weighted by molar-refractivity contribution is 7.99. The number of thioether (sulfide) groups is 1. The first-order chi connectivity index (χ1) is 10.7. The second kappa shape index (κ2) is 6.72. The molecule has 1 atom stereocenters. The maximum absolute atomic E-state index is 11.5. The van der Waals surface area contributed by atoms with Crippen molar-refractivity contribution in [2.45, 2.75) is 11.1 Å². The molecule has 0 saturated heterocycles. The Hall–Kier alpha value is -2.18. The molecule has 0 saturated carbocycles. The molecule has 0 aliphatic heterocycles. The molecule has 1 aromatic carbocycles. The van der Waals surface area contributed by atoms with E-state index in [0.717, 1.165) is 21.4 Å². The van der Waals surface area contributed by atoms with Crippen molar-refractivity contribution in [3.05, 3.63) is 60.1 Å². The summed E-state index contributed by atoms with van der Waals surface area (Å²) in [7, 11) is 0. The molecule has 114 valence electrons. The molecule has 22 heavy (non-hydrogen) atoms. The number of aliphatic hydroxyl groups excluding tert-OH is 1. The number of aromatic nitrogens is 2. The van der Waals surface area contributed by atoms with Gasteiger partial charge in [0.1, 0.15) is 12.4 Å². The quantitative estimate of drug-likeness (QED) is 0.416. The Kier molecular flexibility index (Phi) is 4.50. The number of fused-ring (bicyclic) bond motifs is 1. The van der Waals surface area contributed by atoms with Crippen LogP contribution in [0.15, 0.2) is 59.9 Å². The molecule has 2 aromatic heterocycles. The molecule has 2 heterocycles. The zero-order chi connectivity index (χ0) is 15.4. The van der Waals surface area contributed by atoms with E-state index in [2.05, 4.69) is 4.98 Å². The number of ether oxygens (including phenoxy) is 1. The summed E-state index contributed by atoms with van der Waals surface area (Å²) in [5, 5.41) is 23.1. The SMILES string of the molecule is [O-][n+]1ccccc1SCC(O)COc1cccc2[nH]ccc12. The van der Waals surface area contributed by atoms with Crippen LogP contribution in [0.25, 0.3) is 10.9 Å². The molecule has 0 aliphatic carbocycles. The predicted octanol–water partition coefficient (Wildman–Crippen LogP) is 2.33. The van der Waals surface area contributed by atoms with E-state index in [4.69, 9.17) is 4.74 Å². The van der Waals surface area contributed by atoms with Crippen LogP contribution in [-0.4, -0.2) is 28.6 Å². The van der Waals surface area contributed by atoms with Gasteiger partial charge in [-0.15, -0.1) is 0 Å².